The molecule has 2 rings (SSSR count). The van der Waals surface area contributed by atoms with Crippen molar-refractivity contribution < 1.29 is 13.3 Å². The van der Waals surface area contributed by atoms with E-state index in [1.165, 1.54) is 30.6 Å². The fourth-order valence-electron chi connectivity index (χ4n) is 1.75. The highest BCUT2D eigenvalue weighted by Gasteiger charge is 2.14. The first-order valence-electron chi connectivity index (χ1n) is 6.38. The Morgan fingerprint density at radius 1 is 1.14 bits per heavy atom. The summed E-state index contributed by atoms with van der Waals surface area (Å²) in [4.78, 5) is 14.2. The maximum Gasteiger partial charge on any atom is 0.292 e. The molecule has 0 unspecified atom stereocenters. The molecule has 0 fully saturated rings. The monoisotopic (exact) mass is 322 g/mol. The molecule has 0 aliphatic carbocycles. The number of nitrogens with one attached hydrogen (secondary N) is 2. The molecule has 1 aromatic carbocycles. The molecule has 0 saturated carbocycles. The van der Waals surface area contributed by atoms with Gasteiger partial charge >= 0.3 is 0 Å². The first-order chi connectivity index (χ1) is 10.5. The molecule has 9 heteroatoms. The van der Waals surface area contributed by atoms with E-state index in [-0.39, 0.29) is 23.7 Å². The summed E-state index contributed by atoms with van der Waals surface area (Å²) < 4.78 is 26.3. The molecule has 0 aliphatic heterocycles. The SMILES string of the molecule is O=[N+]([O-])c1ccccc1NCCNS(=O)(=O)c1cccnc1. The molecule has 0 bridgehead atoms. The standard InChI is InChI=1S/C13H14N4O4S/c18-17(19)13-6-2-1-5-12(13)15-8-9-16-22(20,21)11-4-3-7-14-10-11/h1-7,10,15-16H,8-9H2. The fourth-order valence-corrected chi connectivity index (χ4v) is 2.75. The summed E-state index contributed by atoms with van der Waals surface area (Å²) in [6.45, 7) is 0.299. The van der Waals surface area contributed by atoms with E-state index < -0.39 is 14.9 Å². The van der Waals surface area contributed by atoms with Crippen molar-refractivity contribution >= 4 is 21.4 Å². The Morgan fingerprint density at radius 2 is 1.91 bits per heavy atom. The molecule has 1 heterocycles. The Hall–Kier alpha value is -2.52. The van der Waals surface area contributed by atoms with Crippen LogP contribution in [-0.4, -0.2) is 31.4 Å². The lowest BCUT2D eigenvalue weighted by atomic mass is 10.2. The molecule has 2 aromatic rings. The van der Waals surface area contributed by atoms with E-state index in [1.54, 1.807) is 18.2 Å². The third kappa shape index (κ3) is 3.99. The van der Waals surface area contributed by atoms with Crippen LogP contribution in [-0.2, 0) is 10.0 Å². The van der Waals surface area contributed by atoms with Crippen molar-refractivity contribution in [2.75, 3.05) is 18.4 Å². The van der Waals surface area contributed by atoms with Crippen LogP contribution in [0.4, 0.5) is 11.4 Å². The van der Waals surface area contributed by atoms with Gasteiger partial charge in [-0.15, -0.1) is 0 Å². The van der Waals surface area contributed by atoms with Crippen LogP contribution in [0.3, 0.4) is 0 Å². The van der Waals surface area contributed by atoms with Crippen LogP contribution in [0.25, 0.3) is 0 Å². The zero-order valence-electron chi connectivity index (χ0n) is 11.5. The van der Waals surface area contributed by atoms with Crippen LogP contribution in [0.2, 0.25) is 0 Å². The summed E-state index contributed by atoms with van der Waals surface area (Å²) in [5.74, 6) is 0. The van der Waals surface area contributed by atoms with E-state index in [1.807, 2.05) is 0 Å². The average molecular weight is 322 g/mol. The van der Waals surface area contributed by atoms with Gasteiger partial charge in [0.1, 0.15) is 10.6 Å². The van der Waals surface area contributed by atoms with Crippen molar-refractivity contribution in [1.82, 2.24) is 9.71 Å². The minimum Gasteiger partial charge on any atom is -0.378 e. The van der Waals surface area contributed by atoms with E-state index in [2.05, 4.69) is 15.0 Å². The van der Waals surface area contributed by atoms with Crippen LogP contribution in [0.5, 0.6) is 0 Å². The van der Waals surface area contributed by atoms with Crippen molar-refractivity contribution in [2.24, 2.45) is 0 Å². The zero-order chi connectivity index (χ0) is 16.0. The first-order valence-corrected chi connectivity index (χ1v) is 7.86. The Bertz CT molecular complexity index is 750. The van der Waals surface area contributed by atoms with Crippen molar-refractivity contribution in [3.63, 3.8) is 0 Å². The van der Waals surface area contributed by atoms with Crippen LogP contribution >= 0.6 is 0 Å². The molecule has 1 aromatic heterocycles. The van der Waals surface area contributed by atoms with Crippen LogP contribution in [0.15, 0.2) is 53.7 Å². The smallest absolute Gasteiger partial charge is 0.292 e. The lowest BCUT2D eigenvalue weighted by Crippen LogP contribution is -2.29. The van der Waals surface area contributed by atoms with Gasteiger partial charge in [-0.1, -0.05) is 12.1 Å². The molecule has 0 spiro atoms. The number of anilines is 1. The maximum atomic E-state index is 11.9. The van der Waals surface area contributed by atoms with Gasteiger partial charge in [-0.2, -0.15) is 0 Å². The summed E-state index contributed by atoms with van der Waals surface area (Å²) in [6.07, 6.45) is 2.73. The van der Waals surface area contributed by atoms with Crippen molar-refractivity contribution in [3.8, 4) is 0 Å². The summed E-state index contributed by atoms with van der Waals surface area (Å²) in [6, 6.07) is 9.13. The highest BCUT2D eigenvalue weighted by Crippen LogP contribution is 2.22. The molecule has 116 valence electrons. The van der Waals surface area contributed by atoms with Gasteiger partial charge in [-0.05, 0) is 18.2 Å². The number of nitro groups is 1. The minimum absolute atomic E-state index is 0.0578. The number of sulfonamides is 1. The van der Waals surface area contributed by atoms with Gasteiger partial charge in [0, 0.05) is 31.5 Å². The predicted octanol–water partition coefficient (Wildman–Crippen LogP) is 1.38. The summed E-state index contributed by atoms with van der Waals surface area (Å²) in [5.41, 5.74) is 0.283. The van der Waals surface area contributed by atoms with Gasteiger partial charge in [0.2, 0.25) is 10.0 Å². The number of para-hydroxylation sites is 2. The molecule has 2 N–H and O–H groups in total. The Labute approximate surface area is 127 Å². The van der Waals surface area contributed by atoms with Crippen LogP contribution in [0.1, 0.15) is 0 Å². The highest BCUT2D eigenvalue weighted by molar-refractivity contribution is 7.89. The molecule has 0 saturated heterocycles. The number of rotatable bonds is 7. The highest BCUT2D eigenvalue weighted by atomic mass is 32.2. The molecular formula is C13H14N4O4S. The number of benzene rings is 1. The first kappa shape index (κ1) is 15.9. The topological polar surface area (TPSA) is 114 Å². The van der Waals surface area contributed by atoms with E-state index >= 15 is 0 Å². The number of hydrogen-bond acceptors (Lipinski definition) is 6. The molecular weight excluding hydrogens is 308 g/mol. The number of pyridine rings is 1. The average Bonchev–Trinajstić information content (AvgIpc) is 2.53. The third-order valence-corrected chi connectivity index (χ3v) is 4.22. The number of hydrogen-bond donors (Lipinski definition) is 2. The van der Waals surface area contributed by atoms with Crippen LogP contribution < -0.4 is 10.0 Å². The predicted molar refractivity (Wildman–Crippen MR) is 81.0 cm³/mol. The van der Waals surface area contributed by atoms with Crippen molar-refractivity contribution in [1.29, 1.82) is 0 Å². The quantitative estimate of drug-likeness (QED) is 0.452. The van der Waals surface area contributed by atoms with Gasteiger partial charge in [-0.3, -0.25) is 15.1 Å². The van der Waals surface area contributed by atoms with E-state index in [0.717, 1.165) is 0 Å². The maximum absolute atomic E-state index is 11.9. The number of nitrogens with zero attached hydrogens (tertiary/aromatic N) is 2. The largest absolute Gasteiger partial charge is 0.378 e. The third-order valence-electron chi connectivity index (χ3n) is 2.78. The molecule has 0 radical (unpaired) electrons. The number of nitro benzene ring substituents is 1. The summed E-state index contributed by atoms with van der Waals surface area (Å²) >= 11 is 0. The Balaban J connectivity index is 1.92. The zero-order valence-corrected chi connectivity index (χ0v) is 12.3. The van der Waals surface area contributed by atoms with Crippen molar-refractivity contribution in [3.05, 3.63) is 58.9 Å². The normalized spacial score (nSPS) is 11.1. The van der Waals surface area contributed by atoms with Gasteiger partial charge in [-0.25, -0.2) is 13.1 Å². The number of aromatic nitrogens is 1. The molecule has 0 amide bonds. The van der Waals surface area contributed by atoms with Crippen molar-refractivity contribution in [2.45, 2.75) is 4.90 Å². The Morgan fingerprint density at radius 3 is 2.59 bits per heavy atom. The molecule has 22 heavy (non-hydrogen) atoms. The summed E-state index contributed by atoms with van der Waals surface area (Å²) in [5, 5.41) is 13.7. The minimum atomic E-state index is -3.63. The fraction of sp³-hybridized carbons (Fsp3) is 0.154. The van der Waals surface area contributed by atoms with Gasteiger partial charge in [0.25, 0.3) is 5.69 Å². The summed E-state index contributed by atoms with van der Waals surface area (Å²) in [7, 11) is -3.63. The lowest BCUT2D eigenvalue weighted by Gasteiger charge is -2.08. The van der Waals surface area contributed by atoms with Gasteiger partial charge in [0.05, 0.1) is 4.92 Å². The van der Waals surface area contributed by atoms with E-state index in [9.17, 15) is 18.5 Å². The second-order valence-corrected chi connectivity index (χ2v) is 6.05. The van der Waals surface area contributed by atoms with Gasteiger partial charge in [0.15, 0.2) is 0 Å². The molecule has 0 atom stereocenters. The van der Waals surface area contributed by atoms with Crippen LogP contribution in [0, 0.1) is 10.1 Å². The van der Waals surface area contributed by atoms with E-state index in [4.69, 9.17) is 0 Å². The second-order valence-electron chi connectivity index (χ2n) is 4.29. The van der Waals surface area contributed by atoms with E-state index in [0.29, 0.717) is 5.69 Å². The molecule has 8 nitrogen and oxygen atoms in total. The second kappa shape index (κ2) is 6.96. The Kier molecular flexibility index (Phi) is 5.02. The molecule has 0 aliphatic rings. The lowest BCUT2D eigenvalue weighted by molar-refractivity contribution is -0.384. The van der Waals surface area contributed by atoms with Gasteiger partial charge < -0.3 is 5.32 Å².